The Bertz CT molecular complexity index is 591. The molecule has 0 spiro atoms. The second-order valence-electron chi connectivity index (χ2n) is 3.85. The van der Waals surface area contributed by atoms with Crippen molar-refractivity contribution in [3.05, 3.63) is 59.2 Å². The second-order valence-corrected chi connectivity index (χ2v) is 3.85. The molecule has 0 N–H and O–H groups in total. The molecule has 1 aliphatic heterocycles. The third-order valence-electron chi connectivity index (χ3n) is 2.80. The molecule has 0 amide bonds. The predicted molar refractivity (Wildman–Crippen MR) is 63.7 cm³/mol. The van der Waals surface area contributed by atoms with Crippen molar-refractivity contribution < 1.29 is 4.74 Å². The lowest BCUT2D eigenvalue weighted by atomic mass is 9.99. The first-order valence-electron chi connectivity index (χ1n) is 5.22. The van der Waals surface area contributed by atoms with Crippen molar-refractivity contribution in [1.82, 2.24) is 0 Å². The summed E-state index contributed by atoms with van der Waals surface area (Å²) in [6.45, 7) is 0. The van der Waals surface area contributed by atoms with Gasteiger partial charge in [0.25, 0.3) is 0 Å². The van der Waals surface area contributed by atoms with Crippen LogP contribution in [0.4, 0.5) is 0 Å². The fourth-order valence-electron chi connectivity index (χ4n) is 1.98. The molecule has 0 saturated heterocycles. The van der Waals surface area contributed by atoms with Crippen LogP contribution in [0.15, 0.2) is 42.5 Å². The molecule has 0 fully saturated rings. The monoisotopic (exact) mass is 206 g/mol. The molecule has 0 unspecified atom stereocenters. The summed E-state index contributed by atoms with van der Waals surface area (Å²) in [5.74, 6) is 4.51. The van der Waals surface area contributed by atoms with Gasteiger partial charge >= 0.3 is 0 Å². The molecule has 1 nitrogen and oxygen atoms in total. The molecule has 3 rings (SSSR count). The predicted octanol–water partition coefficient (Wildman–Crippen LogP) is 3.36. The summed E-state index contributed by atoms with van der Waals surface area (Å²) in [4.78, 5) is 0. The molecule has 1 aliphatic rings. The summed E-state index contributed by atoms with van der Waals surface area (Å²) in [7, 11) is 0. The Morgan fingerprint density at radius 2 is 1.81 bits per heavy atom. The van der Waals surface area contributed by atoms with E-state index in [4.69, 9.17) is 11.2 Å². The summed E-state index contributed by atoms with van der Waals surface area (Å²) >= 11 is 0. The number of rotatable bonds is 0. The van der Waals surface area contributed by atoms with Crippen LogP contribution >= 0.6 is 0 Å². The van der Waals surface area contributed by atoms with Crippen molar-refractivity contribution in [2.75, 3.05) is 0 Å². The van der Waals surface area contributed by atoms with Gasteiger partial charge in [-0.05, 0) is 29.8 Å². The molecular formula is C15H10O. The summed E-state index contributed by atoms with van der Waals surface area (Å²) in [6.07, 6.45) is 6.28. The van der Waals surface area contributed by atoms with Gasteiger partial charge in [-0.2, -0.15) is 0 Å². The van der Waals surface area contributed by atoms with E-state index in [1.54, 1.807) is 0 Å². The van der Waals surface area contributed by atoms with E-state index >= 15 is 0 Å². The van der Waals surface area contributed by atoms with E-state index in [2.05, 4.69) is 12.0 Å². The number of fused-ring (bicyclic) bond motifs is 2. The minimum atomic E-state index is 0.890. The topological polar surface area (TPSA) is 9.23 Å². The highest BCUT2D eigenvalue weighted by Crippen LogP contribution is 2.36. The number of hydrogen-bond acceptors (Lipinski definition) is 1. The highest BCUT2D eigenvalue weighted by Gasteiger charge is 2.15. The molecule has 0 saturated carbocycles. The van der Waals surface area contributed by atoms with Gasteiger partial charge in [-0.25, -0.2) is 0 Å². The van der Waals surface area contributed by atoms with Crippen LogP contribution in [0.3, 0.4) is 0 Å². The Morgan fingerprint density at radius 1 is 1.00 bits per heavy atom. The zero-order chi connectivity index (χ0) is 11.0. The van der Waals surface area contributed by atoms with Crippen LogP contribution < -0.4 is 4.74 Å². The standard InChI is InChI=1S/C15H10O/c1-2-11-7-8-15-13(9-11)10-12-5-3-4-6-14(12)16-15/h1,3-9H,10H2. The average molecular weight is 206 g/mol. The maximum absolute atomic E-state index is 5.81. The zero-order valence-corrected chi connectivity index (χ0v) is 8.73. The van der Waals surface area contributed by atoms with Gasteiger partial charge in [-0.15, -0.1) is 6.42 Å². The van der Waals surface area contributed by atoms with Crippen LogP contribution in [0.25, 0.3) is 0 Å². The van der Waals surface area contributed by atoms with Crippen LogP contribution in [0.5, 0.6) is 11.5 Å². The van der Waals surface area contributed by atoms with Crippen molar-refractivity contribution in [2.24, 2.45) is 0 Å². The molecule has 0 aliphatic carbocycles. The first-order chi connectivity index (χ1) is 7.86. The molecule has 76 valence electrons. The van der Waals surface area contributed by atoms with Gasteiger partial charge in [0.2, 0.25) is 0 Å². The Balaban J connectivity index is 2.09. The number of hydrogen-bond donors (Lipinski definition) is 0. The van der Waals surface area contributed by atoms with E-state index in [0.717, 1.165) is 29.0 Å². The van der Waals surface area contributed by atoms with Crippen LogP contribution in [-0.4, -0.2) is 0 Å². The van der Waals surface area contributed by atoms with Crippen molar-refractivity contribution in [2.45, 2.75) is 6.42 Å². The molecule has 0 aromatic heterocycles. The quantitative estimate of drug-likeness (QED) is 0.512. The lowest BCUT2D eigenvalue weighted by molar-refractivity contribution is 0.460. The Kier molecular flexibility index (Phi) is 1.94. The third-order valence-corrected chi connectivity index (χ3v) is 2.80. The molecule has 0 bridgehead atoms. The van der Waals surface area contributed by atoms with Gasteiger partial charge in [0.1, 0.15) is 11.5 Å². The van der Waals surface area contributed by atoms with Crippen molar-refractivity contribution in [3.63, 3.8) is 0 Å². The lowest BCUT2D eigenvalue weighted by Crippen LogP contribution is -2.02. The largest absolute Gasteiger partial charge is 0.457 e. The van der Waals surface area contributed by atoms with Gasteiger partial charge < -0.3 is 4.74 Å². The van der Waals surface area contributed by atoms with E-state index in [0.29, 0.717) is 0 Å². The normalized spacial score (nSPS) is 11.9. The summed E-state index contributed by atoms with van der Waals surface area (Å²) in [6, 6.07) is 14.0. The van der Waals surface area contributed by atoms with Crippen LogP contribution in [-0.2, 0) is 6.42 Å². The lowest BCUT2D eigenvalue weighted by Gasteiger charge is -2.20. The van der Waals surface area contributed by atoms with E-state index in [1.807, 2.05) is 36.4 Å². The fraction of sp³-hybridized carbons (Fsp3) is 0.0667. The molecule has 0 atom stereocenters. The second kappa shape index (κ2) is 3.43. The van der Waals surface area contributed by atoms with Gasteiger partial charge in [0.15, 0.2) is 0 Å². The number of benzene rings is 2. The molecule has 2 aromatic carbocycles. The Hall–Kier alpha value is -2.20. The van der Waals surface area contributed by atoms with Crippen LogP contribution in [0.1, 0.15) is 16.7 Å². The maximum atomic E-state index is 5.81. The zero-order valence-electron chi connectivity index (χ0n) is 8.73. The number of ether oxygens (including phenoxy) is 1. The maximum Gasteiger partial charge on any atom is 0.131 e. The van der Waals surface area contributed by atoms with Crippen LogP contribution in [0, 0.1) is 12.3 Å². The van der Waals surface area contributed by atoms with E-state index in [1.165, 1.54) is 5.56 Å². The minimum absolute atomic E-state index is 0.890. The van der Waals surface area contributed by atoms with Gasteiger partial charge in [0, 0.05) is 17.5 Å². The molecule has 1 heteroatoms. The molecule has 2 aromatic rings. The summed E-state index contributed by atoms with van der Waals surface area (Å²) in [5.41, 5.74) is 3.28. The Labute approximate surface area is 94.7 Å². The van der Waals surface area contributed by atoms with Crippen molar-refractivity contribution in [3.8, 4) is 23.8 Å². The SMILES string of the molecule is C#Cc1ccc2c(c1)Cc1ccccc1O2. The molecular weight excluding hydrogens is 196 g/mol. The van der Waals surface area contributed by atoms with Crippen molar-refractivity contribution >= 4 is 0 Å². The summed E-state index contributed by atoms with van der Waals surface area (Å²) < 4.78 is 5.81. The van der Waals surface area contributed by atoms with Gasteiger partial charge in [-0.3, -0.25) is 0 Å². The summed E-state index contributed by atoms with van der Waals surface area (Å²) in [5, 5.41) is 0. The number of terminal acetylenes is 1. The minimum Gasteiger partial charge on any atom is -0.457 e. The fourth-order valence-corrected chi connectivity index (χ4v) is 1.98. The Morgan fingerprint density at radius 3 is 2.69 bits per heavy atom. The first kappa shape index (κ1) is 9.06. The molecule has 16 heavy (non-hydrogen) atoms. The van der Waals surface area contributed by atoms with Gasteiger partial charge in [-0.1, -0.05) is 24.1 Å². The molecule has 0 radical (unpaired) electrons. The highest BCUT2D eigenvalue weighted by molar-refractivity contribution is 5.52. The van der Waals surface area contributed by atoms with Gasteiger partial charge in [0.05, 0.1) is 0 Å². The number of para-hydroxylation sites is 1. The van der Waals surface area contributed by atoms with E-state index < -0.39 is 0 Å². The van der Waals surface area contributed by atoms with Crippen molar-refractivity contribution in [1.29, 1.82) is 0 Å². The first-order valence-corrected chi connectivity index (χ1v) is 5.22. The van der Waals surface area contributed by atoms with Crippen LogP contribution in [0.2, 0.25) is 0 Å². The average Bonchev–Trinajstić information content (AvgIpc) is 2.35. The van der Waals surface area contributed by atoms with E-state index in [9.17, 15) is 0 Å². The smallest absolute Gasteiger partial charge is 0.131 e. The molecule has 1 heterocycles. The van der Waals surface area contributed by atoms with E-state index in [-0.39, 0.29) is 0 Å². The highest BCUT2D eigenvalue weighted by atomic mass is 16.5. The third kappa shape index (κ3) is 1.36.